The molecule has 6 N–H and O–H groups in total. The molecule has 2 aromatic carbocycles. The molecule has 0 fully saturated rings. The minimum Gasteiger partial charge on any atom is -0.350 e. The predicted octanol–water partition coefficient (Wildman–Crippen LogP) is 3.82. The molecule has 1 aliphatic heterocycles. The van der Waals surface area contributed by atoms with E-state index in [1.807, 2.05) is 0 Å². The van der Waals surface area contributed by atoms with E-state index < -0.39 is 16.3 Å². The minimum atomic E-state index is -0.523. The summed E-state index contributed by atoms with van der Waals surface area (Å²) in [7, 11) is 0. The van der Waals surface area contributed by atoms with Crippen LogP contribution in [0.3, 0.4) is 0 Å². The van der Waals surface area contributed by atoms with Crippen molar-refractivity contribution in [1.82, 2.24) is 15.7 Å². The van der Waals surface area contributed by atoms with Crippen LogP contribution in [0.2, 0.25) is 10.0 Å². The molecule has 2 heterocycles. The number of nitrogens with zero attached hydrogens (tertiary/aromatic N) is 2. The van der Waals surface area contributed by atoms with Crippen molar-refractivity contribution >= 4 is 57.1 Å². The molecule has 1 amide bonds. The van der Waals surface area contributed by atoms with Gasteiger partial charge >= 0.3 is 0 Å². The number of unbranched alkanes of at least 4 members (excludes halogenated alkanes) is 3. The highest BCUT2D eigenvalue weighted by Gasteiger charge is 2.32. The van der Waals surface area contributed by atoms with Crippen LogP contribution < -0.4 is 32.6 Å². The Morgan fingerprint density at radius 3 is 2.68 bits per heavy atom. The second-order valence-corrected chi connectivity index (χ2v) is 9.53. The monoisotopic (exact) mass is 563 g/mol. The largest absolute Gasteiger partial charge is 0.350 e. The standard InChI is InChI=1S/C24H27Cl2N7O5/c25-15-11-16(26)21-17(12-15)30-18(13-20(21)34)24(35)28-9-10-29-32-23-19(33(36)37)7-6-14(22(23)31-38-32)5-3-1-2-4-8-27/h6-7,11-13,29,31H,1-5,8-10,27H2,(H,28,35)(H,30,34). The number of pyridine rings is 1. The number of fused-ring (bicyclic) bond motifs is 2. The number of nitrogens with one attached hydrogen (secondary N) is 4. The molecular formula is C24H27Cl2N7O5. The number of aromatic nitrogens is 1. The number of carbonyl (C=O) groups is 1. The van der Waals surface area contributed by atoms with Crippen molar-refractivity contribution < 1.29 is 14.7 Å². The lowest BCUT2D eigenvalue weighted by Gasteiger charge is -2.17. The van der Waals surface area contributed by atoms with Crippen molar-refractivity contribution in [3.05, 3.63) is 72.0 Å². The Hall–Kier alpha value is -3.42. The number of nitro groups is 1. The Balaban J connectivity index is 1.38. The molecule has 0 radical (unpaired) electrons. The smallest absolute Gasteiger partial charge is 0.298 e. The van der Waals surface area contributed by atoms with E-state index in [4.69, 9.17) is 33.9 Å². The summed E-state index contributed by atoms with van der Waals surface area (Å²) >= 11 is 12.1. The van der Waals surface area contributed by atoms with Gasteiger partial charge in [0, 0.05) is 30.2 Å². The number of hydrogen-bond acceptors (Lipinski definition) is 9. The number of amides is 1. The van der Waals surface area contributed by atoms with Crippen molar-refractivity contribution in [2.45, 2.75) is 32.1 Å². The van der Waals surface area contributed by atoms with E-state index in [0.717, 1.165) is 43.7 Å². The molecule has 0 saturated heterocycles. The number of aryl methyl sites for hydroxylation is 1. The van der Waals surface area contributed by atoms with Gasteiger partial charge in [-0.1, -0.05) is 36.0 Å². The lowest BCUT2D eigenvalue weighted by molar-refractivity contribution is -0.384. The van der Waals surface area contributed by atoms with Gasteiger partial charge in [-0.3, -0.25) is 19.7 Å². The highest BCUT2D eigenvalue weighted by Crippen LogP contribution is 2.42. The summed E-state index contributed by atoms with van der Waals surface area (Å²) in [5.41, 5.74) is 12.7. The Bertz CT molecular complexity index is 1420. The van der Waals surface area contributed by atoms with E-state index in [1.165, 1.54) is 23.4 Å². The zero-order valence-electron chi connectivity index (χ0n) is 20.3. The summed E-state index contributed by atoms with van der Waals surface area (Å²) in [6.45, 7) is 0.954. The number of rotatable bonds is 12. The molecule has 0 unspecified atom stereocenters. The van der Waals surface area contributed by atoms with Crippen molar-refractivity contribution in [3.63, 3.8) is 0 Å². The van der Waals surface area contributed by atoms with Gasteiger partial charge in [0.15, 0.2) is 11.1 Å². The molecule has 202 valence electrons. The van der Waals surface area contributed by atoms with Crippen LogP contribution in [-0.4, -0.2) is 35.4 Å². The molecule has 0 aliphatic carbocycles. The number of halogens is 2. The van der Waals surface area contributed by atoms with Gasteiger partial charge in [0.1, 0.15) is 11.4 Å². The van der Waals surface area contributed by atoms with Gasteiger partial charge in [0.25, 0.3) is 11.6 Å². The Labute approximate surface area is 227 Å². The van der Waals surface area contributed by atoms with Crippen LogP contribution in [0.1, 0.15) is 41.7 Å². The zero-order valence-corrected chi connectivity index (χ0v) is 21.8. The van der Waals surface area contributed by atoms with Crippen LogP contribution in [0.4, 0.5) is 17.1 Å². The van der Waals surface area contributed by atoms with E-state index in [9.17, 15) is 19.7 Å². The molecule has 1 aromatic heterocycles. The summed E-state index contributed by atoms with van der Waals surface area (Å²) in [4.78, 5) is 44.6. The van der Waals surface area contributed by atoms with Crippen LogP contribution in [0.5, 0.6) is 0 Å². The average Bonchev–Trinajstić information content (AvgIpc) is 3.29. The number of hydrogen-bond donors (Lipinski definition) is 5. The number of anilines is 2. The molecule has 3 aromatic rings. The molecule has 4 rings (SSSR count). The summed E-state index contributed by atoms with van der Waals surface area (Å²) in [6, 6.07) is 7.31. The molecule has 0 spiro atoms. The van der Waals surface area contributed by atoms with Crippen LogP contribution in [0.15, 0.2) is 35.1 Å². The SMILES string of the molecule is NCCCCCCc1ccc([N+](=O)[O-])c2c1NON2NCCNC(=O)c1cc(=O)c2c(Cl)cc(Cl)cc2[nH]1. The highest BCUT2D eigenvalue weighted by atomic mass is 35.5. The third-order valence-electron chi connectivity index (χ3n) is 6.04. The third kappa shape index (κ3) is 6.17. The first-order valence-corrected chi connectivity index (χ1v) is 12.8. The molecule has 0 atom stereocenters. The number of hydrazine groups is 1. The van der Waals surface area contributed by atoms with Crippen LogP contribution in [-0.2, 0) is 11.4 Å². The second kappa shape index (κ2) is 12.4. The van der Waals surface area contributed by atoms with Crippen LogP contribution in [0.25, 0.3) is 10.9 Å². The Morgan fingerprint density at radius 2 is 1.92 bits per heavy atom. The first-order valence-electron chi connectivity index (χ1n) is 12.1. The van der Waals surface area contributed by atoms with Crippen LogP contribution >= 0.6 is 23.2 Å². The van der Waals surface area contributed by atoms with E-state index in [2.05, 4.69) is 21.2 Å². The van der Waals surface area contributed by atoms with E-state index >= 15 is 0 Å². The van der Waals surface area contributed by atoms with E-state index in [1.54, 1.807) is 6.07 Å². The Kier molecular flexibility index (Phi) is 9.02. The maximum absolute atomic E-state index is 12.6. The molecule has 0 saturated carbocycles. The summed E-state index contributed by atoms with van der Waals surface area (Å²) in [5.74, 6) is -0.523. The number of nitrogens with two attached hydrogens (primary N) is 1. The highest BCUT2D eigenvalue weighted by molar-refractivity contribution is 6.38. The number of aromatic amines is 1. The average molecular weight is 564 g/mol. The maximum Gasteiger partial charge on any atom is 0.298 e. The van der Waals surface area contributed by atoms with Crippen molar-refractivity contribution in [1.29, 1.82) is 0 Å². The first-order chi connectivity index (χ1) is 18.3. The van der Waals surface area contributed by atoms with Gasteiger partial charge in [0.2, 0.25) is 0 Å². The number of nitro benzene ring substituents is 1. The first kappa shape index (κ1) is 27.6. The predicted molar refractivity (Wildman–Crippen MR) is 146 cm³/mol. The number of H-pyrrole nitrogens is 1. The number of benzene rings is 2. The summed E-state index contributed by atoms with van der Waals surface area (Å²) in [6.07, 6.45) is 4.65. The van der Waals surface area contributed by atoms with Crippen molar-refractivity contribution in [3.8, 4) is 0 Å². The topological polar surface area (TPSA) is 168 Å². The molecule has 1 aliphatic rings. The molecular weight excluding hydrogens is 537 g/mol. The minimum absolute atomic E-state index is 0.0389. The third-order valence-corrected chi connectivity index (χ3v) is 6.56. The quantitative estimate of drug-likeness (QED) is 0.125. The van der Waals surface area contributed by atoms with Gasteiger partial charge in [-0.15, -0.1) is 4.94 Å². The fourth-order valence-corrected chi connectivity index (χ4v) is 4.80. The van der Waals surface area contributed by atoms with E-state index in [-0.39, 0.29) is 40.6 Å². The normalized spacial score (nSPS) is 12.4. The second-order valence-electron chi connectivity index (χ2n) is 8.69. The molecule has 38 heavy (non-hydrogen) atoms. The fraction of sp³-hybridized carbons (Fsp3) is 0.333. The fourth-order valence-electron chi connectivity index (χ4n) is 4.22. The van der Waals surface area contributed by atoms with Crippen molar-refractivity contribution in [2.75, 3.05) is 30.3 Å². The van der Waals surface area contributed by atoms with Gasteiger partial charge in [-0.25, -0.2) is 10.9 Å². The zero-order chi connectivity index (χ0) is 27.2. The maximum atomic E-state index is 12.6. The van der Waals surface area contributed by atoms with Gasteiger partial charge < -0.3 is 16.0 Å². The lowest BCUT2D eigenvalue weighted by Crippen LogP contribution is -2.41. The van der Waals surface area contributed by atoms with Gasteiger partial charge in [-0.2, -0.15) is 5.17 Å². The van der Waals surface area contributed by atoms with Crippen molar-refractivity contribution in [2.24, 2.45) is 5.73 Å². The Morgan fingerprint density at radius 1 is 1.13 bits per heavy atom. The summed E-state index contributed by atoms with van der Waals surface area (Å²) < 4.78 is 0. The van der Waals surface area contributed by atoms with Crippen LogP contribution in [0, 0.1) is 10.1 Å². The molecule has 12 nitrogen and oxygen atoms in total. The van der Waals surface area contributed by atoms with Gasteiger partial charge in [-0.05, 0) is 49.6 Å². The summed E-state index contributed by atoms with van der Waals surface area (Å²) in [5, 5.41) is 16.3. The van der Waals surface area contributed by atoms with E-state index in [0.29, 0.717) is 22.8 Å². The molecule has 0 bridgehead atoms. The number of carbonyl (C=O) groups excluding carboxylic acids is 1. The van der Waals surface area contributed by atoms with Gasteiger partial charge in [0.05, 0.1) is 20.8 Å². The lowest BCUT2D eigenvalue weighted by atomic mass is 10.0. The molecule has 14 heteroatoms.